The summed E-state index contributed by atoms with van der Waals surface area (Å²) >= 11 is 0. The molecule has 1 amide bonds. The number of halogens is 2. The molecule has 0 saturated carbocycles. The molecule has 0 aliphatic heterocycles. The molecule has 1 aromatic carbocycles. The van der Waals surface area contributed by atoms with Crippen LogP contribution in [0.4, 0.5) is 8.78 Å². The van der Waals surface area contributed by atoms with Gasteiger partial charge in [-0.1, -0.05) is 19.8 Å². The van der Waals surface area contributed by atoms with Crippen molar-refractivity contribution < 1.29 is 23.0 Å². The molecule has 0 aromatic heterocycles. The van der Waals surface area contributed by atoms with Gasteiger partial charge in [-0.3, -0.25) is 4.79 Å². The molecular formula is C15H22F2N2O3. The average molecular weight is 316 g/mol. The SMILES string of the molecule is CCCCC(CN)NC(=O)c1ccc(OC)c(OC(F)F)c1. The van der Waals surface area contributed by atoms with Gasteiger partial charge in [0.05, 0.1) is 7.11 Å². The van der Waals surface area contributed by atoms with Crippen molar-refractivity contribution in [1.82, 2.24) is 5.32 Å². The minimum atomic E-state index is -2.99. The van der Waals surface area contributed by atoms with E-state index in [-0.39, 0.29) is 29.0 Å². The first-order valence-corrected chi connectivity index (χ1v) is 7.15. The van der Waals surface area contributed by atoms with Gasteiger partial charge in [-0.2, -0.15) is 8.78 Å². The summed E-state index contributed by atoms with van der Waals surface area (Å²) in [4.78, 5) is 12.2. The third-order valence-electron chi connectivity index (χ3n) is 3.17. The predicted molar refractivity (Wildman–Crippen MR) is 79.5 cm³/mol. The van der Waals surface area contributed by atoms with E-state index in [9.17, 15) is 13.6 Å². The molecule has 1 atom stereocenters. The lowest BCUT2D eigenvalue weighted by atomic mass is 10.1. The fourth-order valence-electron chi connectivity index (χ4n) is 1.97. The summed E-state index contributed by atoms with van der Waals surface area (Å²) in [6, 6.07) is 3.98. The second kappa shape index (κ2) is 9.19. The standard InChI is InChI=1S/C15H22F2N2O3/c1-3-4-5-11(9-18)19-14(20)10-6-7-12(21-2)13(8-10)22-15(16)17/h6-8,11,15H,3-5,9,18H2,1-2H3,(H,19,20). The molecule has 0 radical (unpaired) electrons. The maximum Gasteiger partial charge on any atom is 0.387 e. The molecule has 5 nitrogen and oxygen atoms in total. The summed E-state index contributed by atoms with van der Waals surface area (Å²) in [5.41, 5.74) is 5.84. The van der Waals surface area contributed by atoms with Crippen molar-refractivity contribution in [1.29, 1.82) is 0 Å². The molecule has 0 aliphatic rings. The van der Waals surface area contributed by atoms with E-state index in [1.165, 1.54) is 25.3 Å². The van der Waals surface area contributed by atoms with Crippen LogP contribution in [-0.2, 0) is 0 Å². The van der Waals surface area contributed by atoms with Crippen molar-refractivity contribution >= 4 is 5.91 Å². The van der Waals surface area contributed by atoms with Crippen molar-refractivity contribution in [2.45, 2.75) is 38.8 Å². The van der Waals surface area contributed by atoms with E-state index in [2.05, 4.69) is 10.1 Å². The molecule has 22 heavy (non-hydrogen) atoms. The van der Waals surface area contributed by atoms with Gasteiger partial charge in [0, 0.05) is 18.2 Å². The van der Waals surface area contributed by atoms with Crippen LogP contribution in [-0.4, -0.2) is 32.2 Å². The van der Waals surface area contributed by atoms with Crippen LogP contribution >= 0.6 is 0 Å². The number of rotatable bonds is 9. The van der Waals surface area contributed by atoms with Crippen molar-refractivity contribution in [3.05, 3.63) is 23.8 Å². The van der Waals surface area contributed by atoms with Gasteiger partial charge in [0.15, 0.2) is 11.5 Å². The lowest BCUT2D eigenvalue weighted by molar-refractivity contribution is -0.0512. The lowest BCUT2D eigenvalue weighted by Gasteiger charge is -2.17. The normalized spacial score (nSPS) is 12.1. The zero-order valence-corrected chi connectivity index (χ0v) is 12.8. The number of carbonyl (C=O) groups is 1. The quantitative estimate of drug-likeness (QED) is 0.734. The van der Waals surface area contributed by atoms with Crippen LogP contribution in [0.2, 0.25) is 0 Å². The molecule has 1 rings (SSSR count). The number of hydrogen-bond acceptors (Lipinski definition) is 4. The van der Waals surface area contributed by atoms with Gasteiger partial charge in [0.2, 0.25) is 0 Å². The minimum Gasteiger partial charge on any atom is -0.493 e. The van der Waals surface area contributed by atoms with Crippen LogP contribution < -0.4 is 20.5 Å². The van der Waals surface area contributed by atoms with Crippen molar-refractivity contribution in [2.75, 3.05) is 13.7 Å². The van der Waals surface area contributed by atoms with Gasteiger partial charge < -0.3 is 20.5 Å². The summed E-state index contributed by atoms with van der Waals surface area (Å²) in [7, 11) is 1.34. The summed E-state index contributed by atoms with van der Waals surface area (Å²) in [6.45, 7) is -0.622. The van der Waals surface area contributed by atoms with E-state index in [1.807, 2.05) is 6.92 Å². The van der Waals surface area contributed by atoms with Crippen molar-refractivity contribution in [3.8, 4) is 11.5 Å². The molecule has 0 spiro atoms. The number of alkyl halides is 2. The second-order valence-corrected chi connectivity index (χ2v) is 4.79. The van der Waals surface area contributed by atoms with Crippen LogP contribution in [0.5, 0.6) is 11.5 Å². The number of hydrogen-bond donors (Lipinski definition) is 2. The van der Waals surface area contributed by atoms with Gasteiger partial charge in [-0.15, -0.1) is 0 Å². The lowest BCUT2D eigenvalue weighted by Crippen LogP contribution is -2.40. The highest BCUT2D eigenvalue weighted by Crippen LogP contribution is 2.29. The highest BCUT2D eigenvalue weighted by atomic mass is 19.3. The molecule has 0 bridgehead atoms. The predicted octanol–water partition coefficient (Wildman–Crippen LogP) is 2.54. The number of amides is 1. The Labute approximate surface area is 128 Å². The van der Waals surface area contributed by atoms with E-state index < -0.39 is 6.61 Å². The monoisotopic (exact) mass is 316 g/mol. The number of carbonyl (C=O) groups excluding carboxylic acids is 1. The number of ether oxygens (including phenoxy) is 2. The summed E-state index contributed by atoms with van der Waals surface area (Å²) in [5, 5.41) is 2.79. The van der Waals surface area contributed by atoms with Gasteiger partial charge in [0.25, 0.3) is 5.91 Å². The first-order valence-electron chi connectivity index (χ1n) is 7.15. The van der Waals surface area contributed by atoms with Crippen LogP contribution in [0, 0.1) is 0 Å². The maximum atomic E-state index is 12.4. The Balaban J connectivity index is 2.84. The van der Waals surface area contributed by atoms with Crippen LogP contribution in [0.25, 0.3) is 0 Å². The van der Waals surface area contributed by atoms with Gasteiger partial charge in [-0.25, -0.2) is 0 Å². The molecule has 7 heteroatoms. The van der Waals surface area contributed by atoms with Gasteiger partial charge >= 0.3 is 6.61 Å². The molecule has 0 heterocycles. The number of benzene rings is 1. The molecule has 0 saturated heterocycles. The third-order valence-corrected chi connectivity index (χ3v) is 3.17. The fourth-order valence-corrected chi connectivity index (χ4v) is 1.97. The highest BCUT2D eigenvalue weighted by Gasteiger charge is 2.16. The van der Waals surface area contributed by atoms with Crippen LogP contribution in [0.1, 0.15) is 36.5 Å². The molecule has 3 N–H and O–H groups in total. The Hall–Kier alpha value is -1.89. The molecule has 124 valence electrons. The van der Waals surface area contributed by atoms with Gasteiger partial charge in [-0.05, 0) is 24.6 Å². The largest absolute Gasteiger partial charge is 0.493 e. The summed E-state index contributed by atoms with van der Waals surface area (Å²) in [5.74, 6) is -0.422. The van der Waals surface area contributed by atoms with E-state index in [0.29, 0.717) is 6.54 Å². The second-order valence-electron chi connectivity index (χ2n) is 4.79. The van der Waals surface area contributed by atoms with Gasteiger partial charge in [0.1, 0.15) is 0 Å². The zero-order valence-electron chi connectivity index (χ0n) is 12.8. The van der Waals surface area contributed by atoms with E-state index in [4.69, 9.17) is 10.5 Å². The molecule has 0 fully saturated rings. The molecule has 1 aromatic rings. The fraction of sp³-hybridized carbons (Fsp3) is 0.533. The Morgan fingerprint density at radius 1 is 1.36 bits per heavy atom. The van der Waals surface area contributed by atoms with E-state index in [0.717, 1.165) is 19.3 Å². The van der Waals surface area contributed by atoms with E-state index in [1.54, 1.807) is 0 Å². The molecule has 1 unspecified atom stereocenters. The van der Waals surface area contributed by atoms with Crippen LogP contribution in [0.15, 0.2) is 18.2 Å². The Kier molecular flexibility index (Phi) is 7.59. The Morgan fingerprint density at radius 3 is 2.64 bits per heavy atom. The Bertz CT molecular complexity index is 484. The first-order chi connectivity index (χ1) is 10.5. The van der Waals surface area contributed by atoms with Crippen LogP contribution in [0.3, 0.4) is 0 Å². The summed E-state index contributed by atoms with van der Waals surface area (Å²) in [6.07, 6.45) is 2.72. The van der Waals surface area contributed by atoms with Crippen molar-refractivity contribution in [3.63, 3.8) is 0 Å². The third kappa shape index (κ3) is 5.48. The topological polar surface area (TPSA) is 73.6 Å². The highest BCUT2D eigenvalue weighted by molar-refractivity contribution is 5.95. The average Bonchev–Trinajstić information content (AvgIpc) is 2.50. The number of nitrogens with two attached hydrogens (primary N) is 1. The molecule has 0 aliphatic carbocycles. The maximum absolute atomic E-state index is 12.4. The molecular weight excluding hydrogens is 294 g/mol. The summed E-state index contributed by atoms with van der Waals surface area (Å²) < 4.78 is 34.0. The zero-order chi connectivity index (χ0) is 16.5. The van der Waals surface area contributed by atoms with Crippen molar-refractivity contribution in [2.24, 2.45) is 5.73 Å². The number of methoxy groups -OCH3 is 1. The smallest absolute Gasteiger partial charge is 0.387 e. The number of unbranched alkanes of at least 4 members (excludes halogenated alkanes) is 1. The minimum absolute atomic E-state index is 0.137. The first kappa shape index (κ1) is 18.2. The Morgan fingerprint density at radius 2 is 2.09 bits per heavy atom. The van der Waals surface area contributed by atoms with E-state index >= 15 is 0 Å². The number of nitrogens with one attached hydrogen (secondary N) is 1.